The van der Waals surface area contributed by atoms with Crippen molar-refractivity contribution in [2.75, 3.05) is 32.8 Å². The number of carbonyl (C=O) groups is 1. The minimum absolute atomic E-state index is 0.00301. The van der Waals surface area contributed by atoms with E-state index in [1.54, 1.807) is 12.1 Å². The highest BCUT2D eigenvalue weighted by atomic mass is 32.2. The van der Waals surface area contributed by atoms with Gasteiger partial charge in [0, 0.05) is 30.3 Å². The Kier molecular flexibility index (Phi) is 6.87. The fraction of sp³-hybridized carbons (Fsp3) is 0.381. The normalized spacial score (nSPS) is 16.9. The SMILES string of the molecule is COc1cc(CN(C(=O)c2ccc([N+](=O)[O-])cc2)C2CCS(=O)(=O)C2)cc(OC)c1OC. The number of nitro groups is 1. The van der Waals surface area contributed by atoms with Gasteiger partial charge in [-0.3, -0.25) is 14.9 Å². The largest absolute Gasteiger partial charge is 0.493 e. The molecule has 0 saturated carbocycles. The molecule has 1 unspecified atom stereocenters. The van der Waals surface area contributed by atoms with Crippen LogP contribution in [-0.2, 0) is 16.4 Å². The van der Waals surface area contributed by atoms with E-state index in [2.05, 4.69) is 0 Å². The van der Waals surface area contributed by atoms with Crippen molar-refractivity contribution in [2.45, 2.75) is 19.0 Å². The molecule has 11 heteroatoms. The molecule has 1 saturated heterocycles. The first kappa shape index (κ1) is 23.3. The Morgan fingerprint density at radius 2 is 1.69 bits per heavy atom. The molecule has 0 spiro atoms. The van der Waals surface area contributed by atoms with Gasteiger partial charge < -0.3 is 19.1 Å². The molecule has 10 nitrogen and oxygen atoms in total. The van der Waals surface area contributed by atoms with Gasteiger partial charge in [-0.05, 0) is 36.2 Å². The molecule has 1 atom stereocenters. The number of carbonyl (C=O) groups excluding carboxylic acids is 1. The van der Waals surface area contributed by atoms with Crippen LogP contribution in [0, 0.1) is 10.1 Å². The van der Waals surface area contributed by atoms with E-state index >= 15 is 0 Å². The first-order valence-corrected chi connectivity index (χ1v) is 11.6. The van der Waals surface area contributed by atoms with Crippen LogP contribution >= 0.6 is 0 Å². The summed E-state index contributed by atoms with van der Waals surface area (Å²) in [6.07, 6.45) is 0.311. The van der Waals surface area contributed by atoms with Gasteiger partial charge in [-0.2, -0.15) is 0 Å². The lowest BCUT2D eigenvalue weighted by Gasteiger charge is -2.29. The zero-order valence-corrected chi connectivity index (χ0v) is 18.8. The summed E-state index contributed by atoms with van der Waals surface area (Å²) in [5.74, 6) is 0.645. The van der Waals surface area contributed by atoms with Gasteiger partial charge in [-0.25, -0.2) is 8.42 Å². The molecule has 0 aliphatic carbocycles. The van der Waals surface area contributed by atoms with Crippen LogP contribution in [0.25, 0.3) is 0 Å². The van der Waals surface area contributed by atoms with Crippen LogP contribution in [0.15, 0.2) is 36.4 Å². The maximum absolute atomic E-state index is 13.3. The summed E-state index contributed by atoms with van der Waals surface area (Å²) in [6, 6.07) is 8.09. The summed E-state index contributed by atoms with van der Waals surface area (Å²) in [5, 5.41) is 10.9. The number of amides is 1. The second-order valence-electron chi connectivity index (χ2n) is 7.33. The van der Waals surface area contributed by atoms with Gasteiger partial charge in [0.1, 0.15) is 0 Å². The highest BCUT2D eigenvalue weighted by Gasteiger charge is 2.35. The van der Waals surface area contributed by atoms with Gasteiger partial charge in [-0.1, -0.05) is 0 Å². The summed E-state index contributed by atoms with van der Waals surface area (Å²) in [5.41, 5.74) is 0.743. The smallest absolute Gasteiger partial charge is 0.269 e. The van der Waals surface area contributed by atoms with E-state index in [0.29, 0.717) is 29.2 Å². The Balaban J connectivity index is 1.98. The van der Waals surface area contributed by atoms with E-state index in [1.165, 1.54) is 50.5 Å². The molecule has 0 aromatic heterocycles. The summed E-state index contributed by atoms with van der Waals surface area (Å²) in [4.78, 5) is 25.2. The molecule has 0 radical (unpaired) electrons. The molecule has 1 aliphatic heterocycles. The first-order chi connectivity index (χ1) is 15.2. The number of nitrogens with zero attached hydrogens (tertiary/aromatic N) is 2. The Morgan fingerprint density at radius 1 is 1.09 bits per heavy atom. The number of hydrogen-bond donors (Lipinski definition) is 0. The van der Waals surface area contributed by atoms with Crippen molar-refractivity contribution >= 4 is 21.4 Å². The third-order valence-corrected chi connectivity index (χ3v) is 7.06. The highest BCUT2D eigenvalue weighted by molar-refractivity contribution is 7.91. The minimum Gasteiger partial charge on any atom is -0.493 e. The Labute approximate surface area is 185 Å². The number of hydrogen-bond acceptors (Lipinski definition) is 8. The summed E-state index contributed by atoms with van der Waals surface area (Å²) in [7, 11) is 1.18. The van der Waals surface area contributed by atoms with E-state index in [9.17, 15) is 23.3 Å². The molecular weight excluding hydrogens is 440 g/mol. The van der Waals surface area contributed by atoms with Crippen molar-refractivity contribution in [3.8, 4) is 17.2 Å². The molecule has 1 fully saturated rings. The van der Waals surface area contributed by atoms with Crippen LogP contribution in [0.3, 0.4) is 0 Å². The van der Waals surface area contributed by atoms with Gasteiger partial charge in [0.05, 0.1) is 37.8 Å². The monoisotopic (exact) mass is 464 g/mol. The number of non-ortho nitro benzene ring substituents is 1. The molecule has 172 valence electrons. The number of sulfone groups is 1. The number of ether oxygens (including phenoxy) is 3. The van der Waals surface area contributed by atoms with E-state index < -0.39 is 26.7 Å². The summed E-state index contributed by atoms with van der Waals surface area (Å²) < 4.78 is 40.3. The van der Waals surface area contributed by atoms with Crippen molar-refractivity contribution in [1.82, 2.24) is 4.90 Å². The average molecular weight is 464 g/mol. The van der Waals surface area contributed by atoms with Crippen LogP contribution in [0.4, 0.5) is 5.69 Å². The predicted molar refractivity (Wildman–Crippen MR) is 116 cm³/mol. The van der Waals surface area contributed by atoms with Gasteiger partial charge in [0.25, 0.3) is 11.6 Å². The van der Waals surface area contributed by atoms with Crippen LogP contribution in [-0.4, -0.2) is 63.0 Å². The third-order valence-electron chi connectivity index (χ3n) is 5.31. The molecule has 1 amide bonds. The van der Waals surface area contributed by atoms with Gasteiger partial charge in [0.2, 0.25) is 5.75 Å². The van der Waals surface area contributed by atoms with Crippen molar-refractivity contribution in [2.24, 2.45) is 0 Å². The van der Waals surface area contributed by atoms with E-state index in [-0.39, 0.29) is 29.3 Å². The standard InChI is InChI=1S/C21H24N2O8S/c1-29-18-10-14(11-19(30-2)20(18)31-3)12-22(17-8-9-32(27,28)13-17)21(24)15-4-6-16(7-5-15)23(25)26/h4-7,10-11,17H,8-9,12-13H2,1-3H3. The van der Waals surface area contributed by atoms with Crippen molar-refractivity contribution in [3.05, 3.63) is 57.6 Å². The van der Waals surface area contributed by atoms with Crippen LogP contribution in [0.2, 0.25) is 0 Å². The second-order valence-corrected chi connectivity index (χ2v) is 9.56. The molecule has 3 rings (SSSR count). The zero-order valence-electron chi connectivity index (χ0n) is 17.9. The molecule has 0 N–H and O–H groups in total. The topological polar surface area (TPSA) is 125 Å². The highest BCUT2D eigenvalue weighted by Crippen LogP contribution is 2.39. The Bertz CT molecular complexity index is 1090. The fourth-order valence-corrected chi connectivity index (χ4v) is 5.43. The number of benzene rings is 2. The van der Waals surface area contributed by atoms with Crippen LogP contribution in [0.5, 0.6) is 17.2 Å². The van der Waals surface area contributed by atoms with Crippen molar-refractivity contribution in [3.63, 3.8) is 0 Å². The van der Waals surface area contributed by atoms with Crippen molar-refractivity contribution < 1.29 is 32.3 Å². The maximum atomic E-state index is 13.3. The van der Waals surface area contributed by atoms with Crippen molar-refractivity contribution in [1.29, 1.82) is 0 Å². The molecule has 2 aromatic rings. The van der Waals surface area contributed by atoms with Gasteiger partial charge in [0.15, 0.2) is 21.3 Å². The predicted octanol–water partition coefficient (Wildman–Crippen LogP) is 2.45. The molecule has 0 bridgehead atoms. The summed E-state index contributed by atoms with van der Waals surface area (Å²) >= 11 is 0. The maximum Gasteiger partial charge on any atom is 0.269 e. The lowest BCUT2D eigenvalue weighted by molar-refractivity contribution is -0.384. The molecule has 32 heavy (non-hydrogen) atoms. The first-order valence-electron chi connectivity index (χ1n) is 9.73. The molecular formula is C21H24N2O8S. The average Bonchev–Trinajstić information content (AvgIpc) is 3.15. The molecule has 1 aliphatic rings. The Morgan fingerprint density at radius 3 is 2.12 bits per heavy atom. The zero-order chi connectivity index (χ0) is 23.5. The number of rotatable bonds is 8. The number of methoxy groups -OCH3 is 3. The van der Waals surface area contributed by atoms with E-state index in [1.807, 2.05) is 0 Å². The third kappa shape index (κ3) is 4.93. The minimum atomic E-state index is -3.26. The van der Waals surface area contributed by atoms with E-state index in [4.69, 9.17) is 14.2 Å². The quantitative estimate of drug-likeness (QED) is 0.431. The van der Waals surface area contributed by atoms with Crippen LogP contribution in [0.1, 0.15) is 22.3 Å². The molecule has 2 aromatic carbocycles. The lowest BCUT2D eigenvalue weighted by atomic mass is 10.1. The van der Waals surface area contributed by atoms with Gasteiger partial charge >= 0.3 is 0 Å². The number of nitro benzene ring substituents is 1. The Hall–Kier alpha value is -3.34. The van der Waals surface area contributed by atoms with Crippen LogP contribution < -0.4 is 14.2 Å². The molecule has 1 heterocycles. The lowest BCUT2D eigenvalue weighted by Crippen LogP contribution is -2.40. The van der Waals surface area contributed by atoms with E-state index in [0.717, 1.165) is 0 Å². The van der Waals surface area contributed by atoms with Gasteiger partial charge in [-0.15, -0.1) is 0 Å². The fourth-order valence-electron chi connectivity index (χ4n) is 3.70. The summed E-state index contributed by atoms with van der Waals surface area (Å²) in [6.45, 7) is 0.0900. The second kappa shape index (κ2) is 9.43.